The summed E-state index contributed by atoms with van der Waals surface area (Å²) in [5.74, 6) is -3.77. The van der Waals surface area contributed by atoms with Crippen LogP contribution in [-0.4, -0.2) is 68.6 Å². The number of halogens is 2. The minimum Gasteiger partial charge on any atom is -0.454 e. The topological polar surface area (TPSA) is 142 Å². The molecule has 2 aromatic carbocycles. The van der Waals surface area contributed by atoms with Gasteiger partial charge < -0.3 is 20.1 Å². The van der Waals surface area contributed by atoms with Crippen LogP contribution in [0.5, 0.6) is 0 Å². The molecule has 0 spiro atoms. The highest BCUT2D eigenvalue weighted by Gasteiger charge is 2.31. The van der Waals surface area contributed by atoms with Crippen molar-refractivity contribution in [1.82, 2.24) is 9.62 Å². The largest absolute Gasteiger partial charge is 0.454 e. The molecule has 2 amide bonds. The summed E-state index contributed by atoms with van der Waals surface area (Å²) in [5, 5.41) is 12.3. The SMILES string of the molecule is C[C@@H](O)[C@@H](NS(=O)(=O)c1ccc(F)cc1)C(=O)OCC(=O)N(C)CC(=O)Nc1ccc(F)cc1. The summed E-state index contributed by atoms with van der Waals surface area (Å²) in [6.45, 7) is -0.113. The standard InChI is InChI=1S/C21H23F2N3O7S/c1-13(27)20(25-34(31,32)17-9-5-15(23)6-10-17)21(30)33-12-19(29)26(2)11-18(28)24-16-7-3-14(22)4-8-16/h3-10,13,20,25,27H,11-12H2,1-2H3,(H,24,28)/t13-,20-/m1/s1. The van der Waals surface area contributed by atoms with E-state index in [1.807, 2.05) is 4.72 Å². The van der Waals surface area contributed by atoms with Crippen LogP contribution in [0.3, 0.4) is 0 Å². The predicted octanol–water partition coefficient (Wildman–Crippen LogP) is 0.633. The van der Waals surface area contributed by atoms with Gasteiger partial charge in [0.25, 0.3) is 5.91 Å². The molecule has 13 heteroatoms. The van der Waals surface area contributed by atoms with E-state index < -0.39 is 64.7 Å². The van der Waals surface area contributed by atoms with Crippen LogP contribution in [0.4, 0.5) is 14.5 Å². The van der Waals surface area contributed by atoms with E-state index >= 15 is 0 Å². The van der Waals surface area contributed by atoms with Crippen LogP contribution in [-0.2, 0) is 29.1 Å². The highest BCUT2D eigenvalue weighted by atomic mass is 32.2. The number of nitrogens with one attached hydrogen (secondary N) is 2. The molecular formula is C21H23F2N3O7S. The predicted molar refractivity (Wildman–Crippen MR) is 116 cm³/mol. The lowest BCUT2D eigenvalue weighted by Crippen LogP contribution is -2.49. The summed E-state index contributed by atoms with van der Waals surface area (Å²) < 4.78 is 57.5. The van der Waals surface area contributed by atoms with Crippen molar-refractivity contribution in [2.75, 3.05) is 25.5 Å². The summed E-state index contributed by atoms with van der Waals surface area (Å²) >= 11 is 0. The summed E-state index contributed by atoms with van der Waals surface area (Å²) in [7, 11) is -3.05. The van der Waals surface area contributed by atoms with Crippen LogP contribution in [0, 0.1) is 11.6 Å². The lowest BCUT2D eigenvalue weighted by Gasteiger charge is -2.21. The number of hydrogen-bond acceptors (Lipinski definition) is 7. The summed E-state index contributed by atoms with van der Waals surface area (Å²) in [6, 6.07) is 6.96. The Hall–Kier alpha value is -3.42. The third kappa shape index (κ3) is 7.86. The van der Waals surface area contributed by atoms with E-state index in [1.165, 1.54) is 19.2 Å². The van der Waals surface area contributed by atoms with Crippen molar-refractivity contribution in [3.8, 4) is 0 Å². The van der Waals surface area contributed by atoms with Gasteiger partial charge in [-0.15, -0.1) is 0 Å². The number of anilines is 1. The minimum atomic E-state index is -4.32. The summed E-state index contributed by atoms with van der Waals surface area (Å²) in [6.07, 6.45) is -1.53. The van der Waals surface area contributed by atoms with Crippen LogP contribution in [0.2, 0.25) is 0 Å². The van der Waals surface area contributed by atoms with Gasteiger partial charge in [0, 0.05) is 12.7 Å². The van der Waals surface area contributed by atoms with E-state index in [-0.39, 0.29) is 4.90 Å². The number of benzene rings is 2. The number of amides is 2. The Bertz CT molecular complexity index is 1120. The van der Waals surface area contributed by atoms with Crippen molar-refractivity contribution < 1.29 is 41.4 Å². The Balaban J connectivity index is 1.91. The number of ether oxygens (including phenoxy) is 1. The second-order valence-electron chi connectivity index (χ2n) is 7.21. The molecule has 0 bridgehead atoms. The Labute approximate surface area is 194 Å². The molecule has 3 N–H and O–H groups in total. The maximum Gasteiger partial charge on any atom is 0.327 e. The quantitative estimate of drug-likeness (QED) is 0.407. The van der Waals surface area contributed by atoms with E-state index in [9.17, 15) is 36.7 Å². The fraction of sp³-hybridized carbons (Fsp3) is 0.286. The highest BCUT2D eigenvalue weighted by Crippen LogP contribution is 2.12. The maximum absolute atomic E-state index is 13.0. The first kappa shape index (κ1) is 26.8. The fourth-order valence-electron chi connectivity index (χ4n) is 2.56. The van der Waals surface area contributed by atoms with Crippen LogP contribution < -0.4 is 10.0 Å². The number of aliphatic hydroxyl groups excluding tert-OH is 1. The number of esters is 1. The van der Waals surface area contributed by atoms with Crippen molar-refractivity contribution in [2.24, 2.45) is 0 Å². The third-order valence-corrected chi connectivity index (χ3v) is 5.87. The maximum atomic E-state index is 13.0. The van der Waals surface area contributed by atoms with E-state index in [1.54, 1.807) is 0 Å². The van der Waals surface area contributed by atoms with Gasteiger partial charge in [-0.25, -0.2) is 17.2 Å². The molecule has 0 radical (unpaired) electrons. The Morgan fingerprint density at radius 3 is 2.09 bits per heavy atom. The van der Waals surface area contributed by atoms with Gasteiger partial charge in [0.2, 0.25) is 15.9 Å². The number of rotatable bonds is 10. The Morgan fingerprint density at radius 2 is 1.56 bits per heavy atom. The molecule has 0 aliphatic heterocycles. The lowest BCUT2D eigenvalue weighted by atomic mass is 10.2. The van der Waals surface area contributed by atoms with E-state index in [2.05, 4.69) is 5.32 Å². The normalized spacial score (nSPS) is 13.0. The number of sulfonamides is 1. The first-order valence-electron chi connectivity index (χ1n) is 9.81. The van der Waals surface area contributed by atoms with Gasteiger partial charge in [0.05, 0.1) is 17.5 Å². The van der Waals surface area contributed by atoms with Crippen LogP contribution in [0.25, 0.3) is 0 Å². The number of carbonyl (C=O) groups is 3. The van der Waals surface area contributed by atoms with Crippen LogP contribution >= 0.6 is 0 Å². The lowest BCUT2D eigenvalue weighted by molar-refractivity contribution is -0.155. The molecule has 0 aromatic heterocycles. The van der Waals surface area contributed by atoms with Crippen LogP contribution in [0.1, 0.15) is 6.92 Å². The number of aliphatic hydroxyl groups is 1. The molecule has 34 heavy (non-hydrogen) atoms. The molecule has 0 saturated heterocycles. The van der Waals surface area contributed by atoms with Crippen molar-refractivity contribution in [3.05, 3.63) is 60.2 Å². The molecule has 0 aliphatic carbocycles. The van der Waals surface area contributed by atoms with Crippen molar-refractivity contribution in [1.29, 1.82) is 0 Å². The molecule has 2 atom stereocenters. The Kier molecular flexibility index (Phi) is 9.18. The molecule has 184 valence electrons. The fourth-order valence-corrected chi connectivity index (χ4v) is 3.82. The van der Waals surface area contributed by atoms with Crippen molar-refractivity contribution in [3.63, 3.8) is 0 Å². The van der Waals surface area contributed by atoms with E-state index in [0.29, 0.717) is 5.69 Å². The van der Waals surface area contributed by atoms with Crippen molar-refractivity contribution >= 4 is 33.5 Å². The number of hydrogen-bond donors (Lipinski definition) is 3. The van der Waals surface area contributed by atoms with Gasteiger partial charge in [-0.1, -0.05) is 0 Å². The molecule has 10 nitrogen and oxygen atoms in total. The third-order valence-electron chi connectivity index (χ3n) is 4.41. The Morgan fingerprint density at radius 1 is 1.03 bits per heavy atom. The van der Waals surface area contributed by atoms with Gasteiger partial charge >= 0.3 is 5.97 Å². The van der Waals surface area contributed by atoms with Crippen LogP contribution in [0.15, 0.2) is 53.4 Å². The molecule has 2 rings (SSSR count). The second kappa shape index (κ2) is 11.6. The van der Waals surface area contributed by atoms with E-state index in [0.717, 1.165) is 48.2 Å². The van der Waals surface area contributed by atoms with Gasteiger partial charge in [-0.05, 0) is 55.5 Å². The summed E-state index contributed by atoms with van der Waals surface area (Å²) in [5.41, 5.74) is 0.312. The average Bonchev–Trinajstić information content (AvgIpc) is 2.77. The van der Waals surface area contributed by atoms with E-state index in [4.69, 9.17) is 4.74 Å². The molecule has 2 aromatic rings. The second-order valence-corrected chi connectivity index (χ2v) is 8.92. The zero-order valence-corrected chi connectivity index (χ0v) is 19.0. The highest BCUT2D eigenvalue weighted by molar-refractivity contribution is 7.89. The molecular weight excluding hydrogens is 476 g/mol. The van der Waals surface area contributed by atoms with Gasteiger partial charge in [-0.2, -0.15) is 4.72 Å². The molecule has 0 fully saturated rings. The average molecular weight is 499 g/mol. The number of nitrogens with zero attached hydrogens (tertiary/aromatic N) is 1. The zero-order chi connectivity index (χ0) is 25.5. The smallest absolute Gasteiger partial charge is 0.327 e. The van der Waals surface area contributed by atoms with Gasteiger partial charge in [-0.3, -0.25) is 14.4 Å². The number of carbonyl (C=O) groups excluding carboxylic acids is 3. The first-order chi connectivity index (χ1) is 15.9. The monoisotopic (exact) mass is 499 g/mol. The molecule has 0 unspecified atom stereocenters. The van der Waals surface area contributed by atoms with Gasteiger partial charge in [0.15, 0.2) is 6.61 Å². The molecule has 0 heterocycles. The van der Waals surface area contributed by atoms with Crippen molar-refractivity contribution in [2.45, 2.75) is 24.0 Å². The first-order valence-corrected chi connectivity index (χ1v) is 11.3. The molecule has 0 saturated carbocycles. The summed E-state index contributed by atoms with van der Waals surface area (Å²) in [4.78, 5) is 37.1. The van der Waals surface area contributed by atoms with Gasteiger partial charge in [0.1, 0.15) is 17.7 Å². The zero-order valence-electron chi connectivity index (χ0n) is 18.2. The minimum absolute atomic E-state index is 0.312. The number of likely N-dealkylation sites (N-methyl/N-ethyl adjacent to an activating group) is 1. The molecule has 0 aliphatic rings.